The lowest BCUT2D eigenvalue weighted by Crippen LogP contribution is -2.50. The van der Waals surface area contributed by atoms with Crippen molar-refractivity contribution in [2.45, 2.75) is 58.6 Å². The van der Waals surface area contributed by atoms with Crippen molar-refractivity contribution in [1.82, 2.24) is 19.8 Å². The maximum atomic E-state index is 12.5. The first kappa shape index (κ1) is 36.4. The smallest absolute Gasteiger partial charge is 0.410 e. The number of piperazine rings is 1. The van der Waals surface area contributed by atoms with Gasteiger partial charge in [0.2, 0.25) is 11.9 Å². The van der Waals surface area contributed by atoms with Gasteiger partial charge in [-0.25, -0.2) is 14.8 Å². The molecule has 0 saturated carbocycles. The Morgan fingerprint density at radius 2 is 1.49 bits per heavy atom. The van der Waals surface area contributed by atoms with Gasteiger partial charge in [0.05, 0.1) is 12.4 Å². The van der Waals surface area contributed by atoms with Crippen LogP contribution in [0.5, 0.6) is 11.5 Å². The molecule has 6 rings (SSSR count). The number of para-hydroxylation sites is 1. The van der Waals surface area contributed by atoms with Crippen LogP contribution in [0.25, 0.3) is 11.1 Å². The Morgan fingerprint density at radius 1 is 0.843 bits per heavy atom. The van der Waals surface area contributed by atoms with Crippen LogP contribution in [0.15, 0.2) is 73.1 Å². The Balaban J connectivity index is 1.14. The number of hydrogen-bond donors (Lipinski definition) is 1. The van der Waals surface area contributed by atoms with Crippen molar-refractivity contribution in [3.8, 4) is 22.6 Å². The summed E-state index contributed by atoms with van der Waals surface area (Å²) in [6, 6.07) is 19.8. The number of benzene rings is 3. The summed E-state index contributed by atoms with van der Waals surface area (Å²) in [5.74, 6) is 2.06. The molecule has 51 heavy (non-hydrogen) atoms. The molecule has 2 saturated heterocycles. The van der Waals surface area contributed by atoms with Crippen molar-refractivity contribution in [3.05, 3.63) is 94.2 Å². The Hall–Kier alpha value is -4.38. The van der Waals surface area contributed by atoms with E-state index in [0.29, 0.717) is 59.6 Å². The predicted octanol–water partition coefficient (Wildman–Crippen LogP) is 8.64. The van der Waals surface area contributed by atoms with Gasteiger partial charge in [-0.05, 0) is 117 Å². The van der Waals surface area contributed by atoms with E-state index in [1.54, 1.807) is 30.3 Å². The quantitative estimate of drug-likeness (QED) is 0.192. The fourth-order valence-corrected chi connectivity index (χ4v) is 7.12. The van der Waals surface area contributed by atoms with Crippen molar-refractivity contribution < 1.29 is 19.1 Å². The molecule has 2 fully saturated rings. The van der Waals surface area contributed by atoms with Gasteiger partial charge >= 0.3 is 6.09 Å². The van der Waals surface area contributed by atoms with E-state index in [1.165, 1.54) is 5.56 Å². The van der Waals surface area contributed by atoms with Crippen LogP contribution in [0, 0.1) is 0 Å². The zero-order valence-electron chi connectivity index (χ0n) is 29.5. The molecule has 0 radical (unpaired) electrons. The molecular weight excluding hydrogens is 687 g/mol. The molecule has 0 aliphatic carbocycles. The second-order valence-electron chi connectivity index (χ2n) is 14.1. The fourth-order valence-electron chi connectivity index (χ4n) is 6.59. The van der Waals surface area contributed by atoms with E-state index in [4.69, 9.17) is 32.7 Å². The Morgan fingerprint density at radius 3 is 2.14 bits per heavy atom. The predicted molar refractivity (Wildman–Crippen MR) is 202 cm³/mol. The lowest BCUT2D eigenvalue weighted by Gasteiger charge is -2.35. The molecule has 2 aliphatic heterocycles. The Labute approximate surface area is 309 Å². The number of ether oxygens (including phenoxy) is 2. The van der Waals surface area contributed by atoms with E-state index in [0.717, 1.165) is 54.9 Å². The van der Waals surface area contributed by atoms with E-state index in [2.05, 4.69) is 38.4 Å². The number of amides is 2. The van der Waals surface area contributed by atoms with E-state index < -0.39 is 5.60 Å². The minimum Gasteiger partial charge on any atom is -0.454 e. The highest BCUT2D eigenvalue weighted by Crippen LogP contribution is 2.36. The number of anilines is 2. The van der Waals surface area contributed by atoms with E-state index in [1.807, 2.05) is 62.1 Å². The van der Waals surface area contributed by atoms with Gasteiger partial charge in [-0.2, -0.15) is 0 Å². The standard InChI is InChI=1S/C39H44Cl2N6O4/c1-26(48)44-36-8-6-5-7-35(36)28-9-11-45(12-10-28)25-27-17-29(30-19-31(40)22-32(41)20-30)21-33(18-27)50-34-23-42-37(43-24-34)46-13-15-47(16-14-46)38(49)51-39(2,3)4/h5-8,17-24,28H,9-16,25H2,1-4H3,(H,44,48). The summed E-state index contributed by atoms with van der Waals surface area (Å²) in [5, 5.41) is 4.11. The monoisotopic (exact) mass is 730 g/mol. The van der Waals surface area contributed by atoms with Crippen LogP contribution in [0.1, 0.15) is 57.6 Å². The maximum Gasteiger partial charge on any atom is 0.410 e. The Kier molecular flexibility index (Phi) is 11.3. The van der Waals surface area contributed by atoms with Gasteiger partial charge in [0, 0.05) is 55.4 Å². The molecule has 3 aromatic carbocycles. The summed E-state index contributed by atoms with van der Waals surface area (Å²) in [4.78, 5) is 39.7. The molecular formula is C39H44Cl2N6O4. The highest BCUT2D eigenvalue weighted by atomic mass is 35.5. The number of hydrogen-bond acceptors (Lipinski definition) is 8. The molecule has 0 spiro atoms. The number of rotatable bonds is 8. The maximum absolute atomic E-state index is 12.5. The zero-order valence-corrected chi connectivity index (χ0v) is 31.0. The van der Waals surface area contributed by atoms with Crippen LogP contribution in [0.3, 0.4) is 0 Å². The van der Waals surface area contributed by atoms with Crippen LogP contribution < -0.4 is 15.0 Å². The zero-order chi connectivity index (χ0) is 36.1. The van der Waals surface area contributed by atoms with E-state index in [-0.39, 0.29) is 12.0 Å². The molecule has 10 nitrogen and oxygen atoms in total. The van der Waals surface area contributed by atoms with Crippen molar-refractivity contribution >= 4 is 46.8 Å². The minimum atomic E-state index is -0.532. The van der Waals surface area contributed by atoms with Crippen LogP contribution in [-0.4, -0.2) is 76.6 Å². The van der Waals surface area contributed by atoms with Gasteiger partial charge in [0.25, 0.3) is 0 Å². The number of nitrogens with zero attached hydrogens (tertiary/aromatic N) is 5. The molecule has 12 heteroatoms. The first-order valence-corrected chi connectivity index (χ1v) is 18.1. The molecule has 1 N–H and O–H groups in total. The molecule has 268 valence electrons. The number of likely N-dealkylation sites (tertiary alicyclic amines) is 1. The van der Waals surface area contributed by atoms with Gasteiger partial charge < -0.3 is 24.6 Å². The van der Waals surface area contributed by atoms with Gasteiger partial charge in [0.15, 0.2) is 5.75 Å². The molecule has 4 aromatic rings. The van der Waals surface area contributed by atoms with Crippen molar-refractivity contribution in [2.24, 2.45) is 0 Å². The SMILES string of the molecule is CC(=O)Nc1ccccc1C1CCN(Cc2cc(Oc3cnc(N4CCN(C(=O)OC(C)(C)C)CC4)nc3)cc(-c3cc(Cl)cc(Cl)c3)c2)CC1. The van der Waals surface area contributed by atoms with Crippen LogP contribution >= 0.6 is 23.2 Å². The number of piperidine rings is 1. The molecule has 2 aliphatic rings. The van der Waals surface area contributed by atoms with Crippen LogP contribution in [0.4, 0.5) is 16.4 Å². The second-order valence-corrected chi connectivity index (χ2v) is 15.0. The summed E-state index contributed by atoms with van der Waals surface area (Å²) >= 11 is 12.8. The van der Waals surface area contributed by atoms with Crippen LogP contribution in [0.2, 0.25) is 10.0 Å². The minimum absolute atomic E-state index is 0.0588. The average Bonchev–Trinajstić information content (AvgIpc) is 3.08. The first-order chi connectivity index (χ1) is 24.4. The second kappa shape index (κ2) is 15.9. The van der Waals surface area contributed by atoms with Crippen molar-refractivity contribution in [2.75, 3.05) is 49.5 Å². The van der Waals surface area contributed by atoms with Crippen molar-refractivity contribution in [1.29, 1.82) is 0 Å². The summed E-state index contributed by atoms with van der Waals surface area (Å²) in [6.45, 7) is 12.0. The molecule has 0 atom stereocenters. The first-order valence-electron chi connectivity index (χ1n) is 17.3. The summed E-state index contributed by atoms with van der Waals surface area (Å²) < 4.78 is 11.9. The molecule has 2 amide bonds. The Bertz CT molecular complexity index is 1830. The van der Waals surface area contributed by atoms with Crippen molar-refractivity contribution in [3.63, 3.8) is 0 Å². The van der Waals surface area contributed by atoms with E-state index >= 15 is 0 Å². The number of nitrogens with one attached hydrogen (secondary N) is 1. The number of aromatic nitrogens is 2. The summed E-state index contributed by atoms with van der Waals surface area (Å²) in [7, 11) is 0. The lowest BCUT2D eigenvalue weighted by atomic mass is 9.88. The normalized spacial score (nSPS) is 15.8. The number of carbonyl (C=O) groups excluding carboxylic acids is 2. The van der Waals surface area contributed by atoms with Gasteiger partial charge in [-0.15, -0.1) is 0 Å². The number of halogens is 2. The van der Waals surface area contributed by atoms with Gasteiger partial charge in [0.1, 0.15) is 11.4 Å². The van der Waals surface area contributed by atoms with Crippen LogP contribution in [-0.2, 0) is 16.1 Å². The lowest BCUT2D eigenvalue weighted by molar-refractivity contribution is -0.114. The third-order valence-electron chi connectivity index (χ3n) is 8.93. The van der Waals surface area contributed by atoms with Gasteiger partial charge in [-0.1, -0.05) is 41.4 Å². The third-order valence-corrected chi connectivity index (χ3v) is 9.37. The highest BCUT2D eigenvalue weighted by molar-refractivity contribution is 6.35. The van der Waals surface area contributed by atoms with E-state index in [9.17, 15) is 9.59 Å². The van der Waals surface area contributed by atoms with Gasteiger partial charge in [-0.3, -0.25) is 9.69 Å². The highest BCUT2D eigenvalue weighted by Gasteiger charge is 2.27. The fraction of sp³-hybridized carbons (Fsp3) is 0.385. The largest absolute Gasteiger partial charge is 0.454 e. The molecule has 0 unspecified atom stereocenters. The molecule has 1 aromatic heterocycles. The number of carbonyl (C=O) groups is 2. The topological polar surface area (TPSA) is 100 Å². The molecule has 0 bridgehead atoms. The average molecular weight is 732 g/mol. The summed E-state index contributed by atoms with van der Waals surface area (Å²) in [6.07, 6.45) is 5.03. The molecule has 3 heterocycles. The summed E-state index contributed by atoms with van der Waals surface area (Å²) in [5.41, 5.74) is 4.48. The third kappa shape index (κ3) is 9.90.